The second kappa shape index (κ2) is 8.29. The lowest BCUT2D eigenvalue weighted by Gasteiger charge is -2.29. The first-order chi connectivity index (χ1) is 12.6. The summed E-state index contributed by atoms with van der Waals surface area (Å²) in [6.45, 7) is 3.90. The molecular weight excluding hydrogens is 344 g/mol. The number of rotatable bonds is 5. The van der Waals surface area contributed by atoms with Gasteiger partial charge in [-0.3, -0.25) is 4.79 Å². The molecule has 1 amide bonds. The highest BCUT2D eigenvalue weighted by atomic mass is 32.2. The average molecular weight is 366 g/mol. The number of para-hydroxylation sites is 1. The Morgan fingerprint density at radius 1 is 1.23 bits per heavy atom. The summed E-state index contributed by atoms with van der Waals surface area (Å²) in [6.07, 6.45) is 0.249. The van der Waals surface area contributed by atoms with E-state index in [1.807, 2.05) is 37.7 Å². The Hall–Kier alpha value is -2.45. The van der Waals surface area contributed by atoms with E-state index in [0.717, 1.165) is 17.7 Å². The smallest absolute Gasteiger partial charge is 0.261 e. The van der Waals surface area contributed by atoms with Crippen molar-refractivity contribution in [3.8, 4) is 11.8 Å². The highest BCUT2D eigenvalue weighted by molar-refractivity contribution is 7.99. The van der Waals surface area contributed by atoms with Crippen molar-refractivity contribution in [2.75, 3.05) is 5.75 Å². The van der Waals surface area contributed by atoms with Crippen molar-refractivity contribution in [2.45, 2.75) is 37.3 Å². The summed E-state index contributed by atoms with van der Waals surface area (Å²) in [5.74, 6) is 1.27. The van der Waals surface area contributed by atoms with Crippen molar-refractivity contribution >= 4 is 17.7 Å². The summed E-state index contributed by atoms with van der Waals surface area (Å²) < 4.78 is 5.95. The third-order valence-electron chi connectivity index (χ3n) is 4.40. The predicted octanol–water partition coefficient (Wildman–Crippen LogP) is 4.31. The van der Waals surface area contributed by atoms with Crippen molar-refractivity contribution in [2.24, 2.45) is 5.92 Å². The molecule has 0 bridgehead atoms. The molecule has 2 aromatic rings. The number of nitriles is 1. The van der Waals surface area contributed by atoms with E-state index in [4.69, 9.17) is 4.74 Å². The first-order valence-electron chi connectivity index (χ1n) is 8.78. The molecule has 1 aliphatic rings. The van der Waals surface area contributed by atoms with Crippen LogP contribution in [0.5, 0.6) is 5.75 Å². The maximum absolute atomic E-state index is 12.9. The molecule has 4 nitrogen and oxygen atoms in total. The molecule has 2 atom stereocenters. The predicted molar refractivity (Wildman–Crippen MR) is 103 cm³/mol. The largest absolute Gasteiger partial charge is 0.479 e. The summed E-state index contributed by atoms with van der Waals surface area (Å²) >= 11 is 1.82. The van der Waals surface area contributed by atoms with Crippen molar-refractivity contribution in [3.05, 3.63) is 59.7 Å². The number of amides is 1. The van der Waals surface area contributed by atoms with Crippen LogP contribution in [0.25, 0.3) is 0 Å². The molecule has 3 rings (SSSR count). The standard InChI is InChI=1S/C21H22N2O2S/c1-14(2)20(25-18-9-5-3-7-15(18)13-22)21(24)23-17-11-12-26-19-10-6-4-8-16(17)19/h3-10,14,17,20H,11-12H2,1-2H3,(H,23,24). The van der Waals surface area contributed by atoms with Gasteiger partial charge in [0, 0.05) is 10.6 Å². The molecular formula is C21H22N2O2S. The quantitative estimate of drug-likeness (QED) is 0.856. The normalized spacial score (nSPS) is 17.1. The summed E-state index contributed by atoms with van der Waals surface area (Å²) in [4.78, 5) is 14.2. The molecule has 0 aliphatic carbocycles. The van der Waals surface area contributed by atoms with E-state index in [0.29, 0.717) is 11.3 Å². The molecule has 0 spiro atoms. The minimum Gasteiger partial charge on any atom is -0.479 e. The molecule has 0 fully saturated rings. The maximum atomic E-state index is 12.9. The zero-order valence-electron chi connectivity index (χ0n) is 14.9. The number of hydrogen-bond donors (Lipinski definition) is 1. The lowest BCUT2D eigenvalue weighted by Crippen LogP contribution is -2.44. The topological polar surface area (TPSA) is 62.1 Å². The van der Waals surface area contributed by atoms with Gasteiger partial charge in [-0.25, -0.2) is 0 Å². The molecule has 0 saturated carbocycles. The number of nitrogens with zero attached hydrogens (tertiary/aromatic N) is 1. The summed E-state index contributed by atoms with van der Waals surface area (Å²) in [5, 5.41) is 12.4. The van der Waals surface area contributed by atoms with E-state index in [-0.39, 0.29) is 17.9 Å². The summed E-state index contributed by atoms with van der Waals surface area (Å²) in [7, 11) is 0. The van der Waals surface area contributed by atoms with Crippen LogP contribution in [-0.4, -0.2) is 17.8 Å². The lowest BCUT2D eigenvalue weighted by molar-refractivity contribution is -0.130. The van der Waals surface area contributed by atoms with Gasteiger partial charge in [0.2, 0.25) is 0 Å². The Morgan fingerprint density at radius 2 is 1.96 bits per heavy atom. The van der Waals surface area contributed by atoms with Crippen molar-refractivity contribution in [1.29, 1.82) is 5.26 Å². The number of carbonyl (C=O) groups is 1. The monoisotopic (exact) mass is 366 g/mol. The lowest BCUT2D eigenvalue weighted by atomic mass is 10.0. The third-order valence-corrected chi connectivity index (χ3v) is 5.52. The second-order valence-electron chi connectivity index (χ2n) is 6.63. The first-order valence-corrected chi connectivity index (χ1v) is 9.76. The number of ether oxygens (including phenoxy) is 1. The Bertz CT molecular complexity index is 829. The van der Waals surface area contributed by atoms with Crippen LogP contribution in [0, 0.1) is 17.2 Å². The van der Waals surface area contributed by atoms with Crippen LogP contribution in [0.2, 0.25) is 0 Å². The van der Waals surface area contributed by atoms with Crippen LogP contribution in [0.15, 0.2) is 53.4 Å². The molecule has 0 saturated heterocycles. The molecule has 0 aromatic heterocycles. The third kappa shape index (κ3) is 4.03. The minimum absolute atomic E-state index is 0.00369. The van der Waals surface area contributed by atoms with Crippen LogP contribution in [0.3, 0.4) is 0 Å². The van der Waals surface area contributed by atoms with Crippen LogP contribution in [0.4, 0.5) is 0 Å². The second-order valence-corrected chi connectivity index (χ2v) is 7.76. The van der Waals surface area contributed by atoms with Gasteiger partial charge in [0.1, 0.15) is 11.8 Å². The van der Waals surface area contributed by atoms with Gasteiger partial charge < -0.3 is 10.1 Å². The molecule has 0 radical (unpaired) electrons. The highest BCUT2D eigenvalue weighted by Crippen LogP contribution is 2.36. The zero-order chi connectivity index (χ0) is 18.5. The zero-order valence-corrected chi connectivity index (χ0v) is 15.8. The van der Waals surface area contributed by atoms with Crippen molar-refractivity contribution in [1.82, 2.24) is 5.32 Å². The number of carbonyl (C=O) groups excluding carboxylic acids is 1. The fourth-order valence-electron chi connectivity index (χ4n) is 3.04. The van der Waals surface area contributed by atoms with Crippen molar-refractivity contribution in [3.63, 3.8) is 0 Å². The Balaban J connectivity index is 1.77. The fourth-order valence-corrected chi connectivity index (χ4v) is 4.16. The van der Waals surface area contributed by atoms with Gasteiger partial charge in [0.15, 0.2) is 6.10 Å². The minimum atomic E-state index is -0.647. The van der Waals surface area contributed by atoms with Gasteiger partial charge in [-0.15, -0.1) is 11.8 Å². The number of nitrogens with one attached hydrogen (secondary N) is 1. The molecule has 26 heavy (non-hydrogen) atoms. The molecule has 1 heterocycles. The molecule has 1 N–H and O–H groups in total. The Morgan fingerprint density at radius 3 is 2.73 bits per heavy atom. The van der Waals surface area contributed by atoms with Gasteiger partial charge >= 0.3 is 0 Å². The van der Waals surface area contributed by atoms with E-state index >= 15 is 0 Å². The SMILES string of the molecule is CC(C)C(Oc1ccccc1C#N)C(=O)NC1CCSc2ccccc21. The van der Waals surface area contributed by atoms with Crippen molar-refractivity contribution < 1.29 is 9.53 Å². The maximum Gasteiger partial charge on any atom is 0.261 e. The average Bonchev–Trinajstić information content (AvgIpc) is 2.66. The van der Waals surface area contributed by atoms with Crippen LogP contribution >= 0.6 is 11.8 Å². The number of hydrogen-bond acceptors (Lipinski definition) is 4. The van der Waals surface area contributed by atoms with E-state index in [9.17, 15) is 10.1 Å². The van der Waals surface area contributed by atoms with E-state index in [1.165, 1.54) is 4.90 Å². The van der Waals surface area contributed by atoms with E-state index in [2.05, 4.69) is 23.5 Å². The van der Waals surface area contributed by atoms with Gasteiger partial charge in [-0.2, -0.15) is 5.26 Å². The van der Waals surface area contributed by atoms with Gasteiger partial charge in [0.05, 0.1) is 11.6 Å². The molecule has 1 aliphatic heterocycles. The fraction of sp³-hybridized carbons (Fsp3) is 0.333. The molecule has 5 heteroatoms. The number of benzene rings is 2. The van der Waals surface area contributed by atoms with Crippen LogP contribution in [0.1, 0.15) is 37.4 Å². The van der Waals surface area contributed by atoms with E-state index < -0.39 is 6.10 Å². The van der Waals surface area contributed by atoms with Crippen LogP contribution < -0.4 is 10.1 Å². The molecule has 134 valence electrons. The van der Waals surface area contributed by atoms with E-state index in [1.54, 1.807) is 24.3 Å². The van der Waals surface area contributed by atoms with Crippen LogP contribution in [-0.2, 0) is 4.79 Å². The van der Waals surface area contributed by atoms with Gasteiger partial charge in [-0.1, -0.05) is 44.2 Å². The molecule has 2 aromatic carbocycles. The Labute approximate surface area is 158 Å². The number of thioether (sulfide) groups is 1. The summed E-state index contributed by atoms with van der Waals surface area (Å²) in [5.41, 5.74) is 1.60. The Kier molecular flexibility index (Phi) is 5.85. The summed E-state index contributed by atoms with van der Waals surface area (Å²) in [6, 6.07) is 17.3. The first kappa shape index (κ1) is 18.3. The van der Waals surface area contributed by atoms with Gasteiger partial charge in [0.25, 0.3) is 5.91 Å². The molecule has 2 unspecified atom stereocenters. The van der Waals surface area contributed by atoms with Gasteiger partial charge in [-0.05, 0) is 36.1 Å². The number of fused-ring (bicyclic) bond motifs is 1. The highest BCUT2D eigenvalue weighted by Gasteiger charge is 2.29.